The molecule has 3 rings (SSSR count). The van der Waals surface area contributed by atoms with Gasteiger partial charge in [-0.05, 0) is 61.6 Å². The maximum Gasteiger partial charge on any atom is 0.230 e. The SMILES string of the molecule is Cc1c(C#N)c(SCC(=O)NCCOc2ccc(Cl)cc2)nc2c1CCC2. The molecule has 1 aromatic heterocycles. The third kappa shape index (κ3) is 4.94. The number of halogens is 1. The molecule has 1 aliphatic carbocycles. The van der Waals surface area contributed by atoms with Gasteiger partial charge in [-0.3, -0.25) is 4.79 Å². The minimum atomic E-state index is -0.108. The first kappa shape index (κ1) is 19.5. The van der Waals surface area contributed by atoms with Crippen molar-refractivity contribution in [2.75, 3.05) is 18.9 Å². The van der Waals surface area contributed by atoms with Crippen LogP contribution in [0.25, 0.3) is 0 Å². The summed E-state index contributed by atoms with van der Waals surface area (Å²) in [6.07, 6.45) is 3.02. The van der Waals surface area contributed by atoms with Gasteiger partial charge in [0.15, 0.2) is 0 Å². The molecule has 2 aromatic rings. The number of hydrogen-bond donors (Lipinski definition) is 1. The van der Waals surface area contributed by atoms with Gasteiger partial charge in [0, 0.05) is 10.7 Å². The van der Waals surface area contributed by atoms with Gasteiger partial charge in [0.05, 0.1) is 17.9 Å². The molecule has 1 aliphatic rings. The van der Waals surface area contributed by atoms with Gasteiger partial charge < -0.3 is 10.1 Å². The number of hydrogen-bond acceptors (Lipinski definition) is 5. The number of carbonyl (C=O) groups excluding carboxylic acids is 1. The summed E-state index contributed by atoms with van der Waals surface area (Å²) in [6, 6.07) is 9.32. The molecule has 1 aromatic carbocycles. The second-order valence-corrected chi connectivity index (χ2v) is 7.65. The predicted molar refractivity (Wildman–Crippen MR) is 106 cm³/mol. The van der Waals surface area contributed by atoms with E-state index >= 15 is 0 Å². The summed E-state index contributed by atoms with van der Waals surface area (Å²) in [7, 11) is 0. The zero-order chi connectivity index (χ0) is 19.2. The Hall–Kier alpha value is -2.23. The Kier molecular flexibility index (Phi) is 6.59. The molecule has 0 radical (unpaired) electrons. The first-order valence-corrected chi connectivity index (χ1v) is 10.1. The van der Waals surface area contributed by atoms with Crippen LogP contribution in [-0.2, 0) is 17.6 Å². The number of fused-ring (bicyclic) bond motifs is 1. The van der Waals surface area contributed by atoms with Crippen molar-refractivity contribution in [3.05, 3.63) is 51.7 Å². The van der Waals surface area contributed by atoms with E-state index in [0.717, 1.165) is 30.5 Å². The van der Waals surface area contributed by atoms with Crippen LogP contribution in [0.2, 0.25) is 5.02 Å². The quantitative estimate of drug-likeness (QED) is 0.565. The summed E-state index contributed by atoms with van der Waals surface area (Å²) in [4.78, 5) is 16.7. The van der Waals surface area contributed by atoms with Gasteiger partial charge in [-0.1, -0.05) is 23.4 Å². The number of carbonyl (C=O) groups is 1. The van der Waals surface area contributed by atoms with Crippen molar-refractivity contribution in [1.29, 1.82) is 5.26 Å². The molecular weight excluding hydrogens is 382 g/mol. The topological polar surface area (TPSA) is 75.0 Å². The molecule has 0 bridgehead atoms. The lowest BCUT2D eigenvalue weighted by molar-refractivity contribution is -0.118. The molecule has 0 fully saturated rings. The van der Waals surface area contributed by atoms with Crippen LogP contribution in [0.1, 0.15) is 28.8 Å². The number of aryl methyl sites for hydroxylation is 1. The van der Waals surface area contributed by atoms with Crippen molar-refractivity contribution < 1.29 is 9.53 Å². The van der Waals surface area contributed by atoms with E-state index in [1.165, 1.54) is 17.3 Å². The molecule has 7 heteroatoms. The average Bonchev–Trinajstić information content (AvgIpc) is 3.14. The van der Waals surface area contributed by atoms with Crippen LogP contribution in [-0.4, -0.2) is 29.8 Å². The summed E-state index contributed by atoms with van der Waals surface area (Å²) >= 11 is 7.14. The number of rotatable bonds is 7. The minimum absolute atomic E-state index is 0.108. The molecule has 1 amide bonds. The zero-order valence-electron chi connectivity index (χ0n) is 15.0. The molecule has 0 saturated carbocycles. The Bertz CT molecular complexity index is 878. The lowest BCUT2D eigenvalue weighted by Gasteiger charge is -2.11. The highest BCUT2D eigenvalue weighted by Gasteiger charge is 2.21. The fraction of sp³-hybridized carbons (Fsp3) is 0.350. The summed E-state index contributed by atoms with van der Waals surface area (Å²) < 4.78 is 5.54. The summed E-state index contributed by atoms with van der Waals surface area (Å²) in [5, 5.41) is 13.6. The fourth-order valence-electron chi connectivity index (χ4n) is 3.06. The van der Waals surface area contributed by atoms with Crippen LogP contribution in [0.4, 0.5) is 0 Å². The second-order valence-electron chi connectivity index (χ2n) is 6.25. The number of amides is 1. The van der Waals surface area contributed by atoms with Crippen LogP contribution >= 0.6 is 23.4 Å². The van der Waals surface area contributed by atoms with Gasteiger partial charge in [0.2, 0.25) is 5.91 Å². The lowest BCUT2D eigenvalue weighted by Crippen LogP contribution is -2.29. The number of nitriles is 1. The van der Waals surface area contributed by atoms with E-state index in [-0.39, 0.29) is 11.7 Å². The number of ether oxygens (including phenoxy) is 1. The molecule has 0 unspecified atom stereocenters. The van der Waals surface area contributed by atoms with Gasteiger partial charge in [-0.25, -0.2) is 4.98 Å². The third-order valence-electron chi connectivity index (χ3n) is 4.43. The fourth-order valence-corrected chi connectivity index (χ4v) is 4.07. The van der Waals surface area contributed by atoms with E-state index in [0.29, 0.717) is 34.5 Å². The number of benzene rings is 1. The van der Waals surface area contributed by atoms with Crippen LogP contribution in [0.5, 0.6) is 5.75 Å². The molecule has 1 N–H and O–H groups in total. The van der Waals surface area contributed by atoms with Crippen molar-refractivity contribution >= 4 is 29.3 Å². The second kappa shape index (κ2) is 9.12. The molecule has 1 heterocycles. The van der Waals surface area contributed by atoms with E-state index in [1.807, 2.05) is 6.92 Å². The van der Waals surface area contributed by atoms with Gasteiger partial charge >= 0.3 is 0 Å². The maximum absolute atomic E-state index is 12.1. The van der Waals surface area contributed by atoms with Gasteiger partial charge in [0.1, 0.15) is 23.5 Å². The number of nitrogens with one attached hydrogen (secondary N) is 1. The van der Waals surface area contributed by atoms with Crippen LogP contribution in [0.15, 0.2) is 29.3 Å². The highest BCUT2D eigenvalue weighted by Crippen LogP contribution is 2.31. The smallest absolute Gasteiger partial charge is 0.230 e. The van der Waals surface area contributed by atoms with Gasteiger partial charge in [-0.2, -0.15) is 5.26 Å². The number of pyridine rings is 1. The van der Waals surface area contributed by atoms with Crippen LogP contribution in [0.3, 0.4) is 0 Å². The number of aromatic nitrogens is 1. The molecule has 140 valence electrons. The Morgan fingerprint density at radius 1 is 1.37 bits per heavy atom. The van der Waals surface area contributed by atoms with E-state index in [4.69, 9.17) is 16.3 Å². The van der Waals surface area contributed by atoms with Crippen molar-refractivity contribution in [2.45, 2.75) is 31.2 Å². The Balaban J connectivity index is 1.47. The third-order valence-corrected chi connectivity index (χ3v) is 5.65. The van der Waals surface area contributed by atoms with Crippen LogP contribution in [0, 0.1) is 18.3 Å². The van der Waals surface area contributed by atoms with E-state index in [1.54, 1.807) is 24.3 Å². The standard InChI is InChI=1S/C20H20ClN3O2S/c1-13-16-3-2-4-18(16)24-20(17(13)11-22)27-12-19(25)23-9-10-26-15-7-5-14(21)6-8-15/h5-8H,2-4,9-10,12H2,1H3,(H,23,25). The van der Waals surface area contributed by atoms with Crippen LogP contribution < -0.4 is 10.1 Å². The Morgan fingerprint density at radius 3 is 2.89 bits per heavy atom. The summed E-state index contributed by atoms with van der Waals surface area (Å²) in [6.45, 7) is 2.75. The maximum atomic E-state index is 12.1. The zero-order valence-corrected chi connectivity index (χ0v) is 16.6. The molecule has 0 saturated heterocycles. The largest absolute Gasteiger partial charge is 0.492 e. The molecule has 0 spiro atoms. The monoisotopic (exact) mass is 401 g/mol. The Morgan fingerprint density at radius 2 is 2.15 bits per heavy atom. The van der Waals surface area contributed by atoms with E-state index in [9.17, 15) is 10.1 Å². The summed E-state index contributed by atoms with van der Waals surface area (Å²) in [5.41, 5.74) is 3.89. The number of thioether (sulfide) groups is 1. The highest BCUT2D eigenvalue weighted by atomic mass is 35.5. The molecule has 27 heavy (non-hydrogen) atoms. The molecular formula is C20H20ClN3O2S. The Labute approximate surface area is 168 Å². The highest BCUT2D eigenvalue weighted by molar-refractivity contribution is 8.00. The van der Waals surface area contributed by atoms with Gasteiger partial charge in [-0.15, -0.1) is 0 Å². The molecule has 5 nitrogen and oxygen atoms in total. The first-order chi connectivity index (χ1) is 13.1. The number of nitrogens with zero attached hydrogens (tertiary/aromatic N) is 2. The van der Waals surface area contributed by atoms with E-state index < -0.39 is 0 Å². The normalized spacial score (nSPS) is 12.3. The van der Waals surface area contributed by atoms with Crippen molar-refractivity contribution in [3.8, 4) is 11.8 Å². The molecule has 0 atom stereocenters. The van der Waals surface area contributed by atoms with E-state index in [2.05, 4.69) is 16.4 Å². The lowest BCUT2D eigenvalue weighted by atomic mass is 10.0. The predicted octanol–water partition coefficient (Wildman–Crippen LogP) is 3.69. The summed E-state index contributed by atoms with van der Waals surface area (Å²) in [5.74, 6) is 0.823. The van der Waals surface area contributed by atoms with Gasteiger partial charge in [0.25, 0.3) is 0 Å². The van der Waals surface area contributed by atoms with Crippen molar-refractivity contribution in [3.63, 3.8) is 0 Å². The molecule has 0 aliphatic heterocycles. The van der Waals surface area contributed by atoms with Crippen molar-refractivity contribution in [1.82, 2.24) is 10.3 Å². The average molecular weight is 402 g/mol. The minimum Gasteiger partial charge on any atom is -0.492 e. The van der Waals surface area contributed by atoms with Crippen molar-refractivity contribution in [2.24, 2.45) is 0 Å². The first-order valence-electron chi connectivity index (χ1n) is 8.79.